The van der Waals surface area contributed by atoms with Gasteiger partial charge in [0.1, 0.15) is 0 Å². The van der Waals surface area contributed by atoms with Gasteiger partial charge >= 0.3 is 0 Å². The Morgan fingerprint density at radius 3 is 2.96 bits per heavy atom. The summed E-state index contributed by atoms with van der Waals surface area (Å²) in [6.45, 7) is 2.12. The van der Waals surface area contributed by atoms with Gasteiger partial charge in [0.2, 0.25) is 5.91 Å². The Bertz CT molecular complexity index is 717. The van der Waals surface area contributed by atoms with Crippen molar-refractivity contribution >= 4 is 35.1 Å². The highest BCUT2D eigenvalue weighted by molar-refractivity contribution is 6.33. The number of piperidine rings is 1. The topological polar surface area (TPSA) is 91.9 Å². The number of carbonyl (C=O) groups excluding carboxylic acids is 1. The third-order valence-electron chi connectivity index (χ3n) is 4.87. The second kappa shape index (κ2) is 6.53. The van der Waals surface area contributed by atoms with Gasteiger partial charge < -0.3 is 16.5 Å². The van der Waals surface area contributed by atoms with Crippen molar-refractivity contribution in [1.29, 1.82) is 0 Å². The summed E-state index contributed by atoms with van der Waals surface area (Å²) in [6, 6.07) is 5.91. The normalized spacial score (nSPS) is 30.5. The quantitative estimate of drug-likeness (QED) is 0.434. The highest BCUT2D eigenvalue weighted by atomic mass is 35.5. The van der Waals surface area contributed by atoms with Crippen LogP contribution in [-0.4, -0.2) is 37.0 Å². The number of hydrogen-bond donors (Lipinski definition) is 3. The van der Waals surface area contributed by atoms with Crippen LogP contribution in [0.25, 0.3) is 0 Å². The smallest absolute Gasteiger partial charge is 0.225 e. The molecule has 3 rings (SSSR count). The first-order chi connectivity index (χ1) is 11.5. The van der Waals surface area contributed by atoms with Crippen molar-refractivity contribution in [3.63, 3.8) is 0 Å². The standard InChI is InChI=1S/C17H22ClN5O/c1-10-6-17(7-14(21-10)15(23-19)9-20-2)8-16(24)22-13-5-11(18)3-4-12(13)17/h3-5,9-10,14,21H,6-8,19H2,1-2H3,(H,22,24)/b20-9?,23-15+/t10-,14-,17?/m0/s1. The maximum absolute atomic E-state index is 12.3. The Kier molecular flexibility index (Phi) is 4.60. The maximum Gasteiger partial charge on any atom is 0.225 e. The van der Waals surface area contributed by atoms with E-state index in [2.05, 4.69) is 27.7 Å². The summed E-state index contributed by atoms with van der Waals surface area (Å²) >= 11 is 6.11. The van der Waals surface area contributed by atoms with Crippen LogP contribution in [0.5, 0.6) is 0 Å². The number of anilines is 1. The molecule has 3 atom stereocenters. The zero-order chi connectivity index (χ0) is 17.3. The number of aliphatic imine (C=N–C) groups is 1. The van der Waals surface area contributed by atoms with E-state index in [1.165, 1.54) is 0 Å². The van der Waals surface area contributed by atoms with Gasteiger partial charge in [-0.1, -0.05) is 17.7 Å². The number of carbonyl (C=O) groups is 1. The number of amides is 1. The Hall–Kier alpha value is -1.92. The van der Waals surface area contributed by atoms with Gasteiger partial charge in [-0.25, -0.2) is 0 Å². The van der Waals surface area contributed by atoms with Crippen LogP contribution in [0.15, 0.2) is 28.3 Å². The van der Waals surface area contributed by atoms with Crippen molar-refractivity contribution in [2.75, 3.05) is 12.4 Å². The fourth-order valence-corrected chi connectivity index (χ4v) is 4.27. The molecule has 1 fully saturated rings. The molecule has 1 spiro atoms. The zero-order valence-electron chi connectivity index (χ0n) is 13.8. The third kappa shape index (κ3) is 3.03. The van der Waals surface area contributed by atoms with Crippen LogP contribution >= 0.6 is 11.6 Å². The lowest BCUT2D eigenvalue weighted by atomic mass is 9.64. The van der Waals surface area contributed by atoms with Crippen molar-refractivity contribution in [3.8, 4) is 0 Å². The average molecular weight is 348 g/mol. The van der Waals surface area contributed by atoms with E-state index in [1.807, 2.05) is 18.2 Å². The van der Waals surface area contributed by atoms with Crippen LogP contribution < -0.4 is 16.5 Å². The van der Waals surface area contributed by atoms with Crippen molar-refractivity contribution in [3.05, 3.63) is 28.8 Å². The largest absolute Gasteiger partial charge is 0.326 e. The molecule has 0 bridgehead atoms. The molecule has 6 nitrogen and oxygen atoms in total. The highest BCUT2D eigenvalue weighted by Gasteiger charge is 2.46. The minimum Gasteiger partial charge on any atom is -0.326 e. The lowest BCUT2D eigenvalue weighted by molar-refractivity contribution is -0.118. The van der Waals surface area contributed by atoms with E-state index in [0.717, 1.165) is 24.1 Å². The Labute approximate surface area is 146 Å². The molecule has 128 valence electrons. The van der Waals surface area contributed by atoms with Gasteiger partial charge in [-0.3, -0.25) is 9.79 Å². The van der Waals surface area contributed by atoms with E-state index in [4.69, 9.17) is 17.4 Å². The van der Waals surface area contributed by atoms with Gasteiger partial charge in [0.25, 0.3) is 0 Å². The molecule has 0 aromatic heterocycles. The molecule has 4 N–H and O–H groups in total. The Morgan fingerprint density at radius 2 is 2.25 bits per heavy atom. The molecule has 2 aliphatic heterocycles. The molecule has 1 amide bonds. The number of halogens is 1. The molecule has 2 aliphatic rings. The summed E-state index contributed by atoms with van der Waals surface area (Å²) in [5, 5.41) is 11.0. The second-order valence-electron chi connectivity index (χ2n) is 6.67. The van der Waals surface area contributed by atoms with E-state index in [0.29, 0.717) is 17.2 Å². The van der Waals surface area contributed by atoms with Gasteiger partial charge in [0.05, 0.1) is 11.8 Å². The Balaban J connectivity index is 2.04. The number of fused-ring (bicyclic) bond motifs is 2. The van der Waals surface area contributed by atoms with Crippen molar-refractivity contribution in [2.24, 2.45) is 15.9 Å². The molecule has 1 unspecified atom stereocenters. The SMILES string of the molecule is CN=C/C(=N\N)[C@@H]1CC2(CC(=O)Nc3cc(Cl)ccc32)C[C@H](C)N1. The molecular weight excluding hydrogens is 326 g/mol. The first kappa shape index (κ1) is 16.9. The molecule has 1 aromatic rings. The summed E-state index contributed by atoms with van der Waals surface area (Å²) < 4.78 is 0. The number of benzene rings is 1. The first-order valence-electron chi connectivity index (χ1n) is 8.03. The summed E-state index contributed by atoms with van der Waals surface area (Å²) in [7, 11) is 1.69. The maximum atomic E-state index is 12.3. The average Bonchev–Trinajstić information content (AvgIpc) is 2.51. The molecule has 2 heterocycles. The number of nitrogens with one attached hydrogen (secondary N) is 2. The summed E-state index contributed by atoms with van der Waals surface area (Å²) in [6.07, 6.45) is 3.73. The minimum atomic E-state index is -0.255. The van der Waals surface area contributed by atoms with Crippen LogP contribution in [0.1, 0.15) is 31.7 Å². The number of hydrazone groups is 1. The fourth-order valence-electron chi connectivity index (χ4n) is 4.10. The van der Waals surface area contributed by atoms with Gasteiger partial charge in [0.15, 0.2) is 0 Å². The van der Waals surface area contributed by atoms with E-state index in [9.17, 15) is 4.79 Å². The number of rotatable bonds is 2. The third-order valence-corrected chi connectivity index (χ3v) is 5.11. The number of hydrogen-bond acceptors (Lipinski definition) is 5. The monoisotopic (exact) mass is 347 g/mol. The van der Waals surface area contributed by atoms with Crippen molar-refractivity contribution < 1.29 is 4.79 Å². The summed E-state index contributed by atoms with van der Waals surface area (Å²) in [4.78, 5) is 16.4. The van der Waals surface area contributed by atoms with Crippen LogP contribution in [0.2, 0.25) is 5.02 Å². The molecular formula is C17H22ClN5O. The predicted molar refractivity (Wildman–Crippen MR) is 98.0 cm³/mol. The minimum absolute atomic E-state index is 0.0213. The predicted octanol–water partition coefficient (Wildman–Crippen LogP) is 2.08. The van der Waals surface area contributed by atoms with Gasteiger partial charge in [-0.05, 0) is 37.5 Å². The molecule has 24 heavy (non-hydrogen) atoms. The van der Waals surface area contributed by atoms with Crippen molar-refractivity contribution in [2.45, 2.75) is 43.7 Å². The van der Waals surface area contributed by atoms with E-state index < -0.39 is 0 Å². The molecule has 0 saturated carbocycles. The van der Waals surface area contributed by atoms with Gasteiger partial charge in [-0.2, -0.15) is 5.10 Å². The second-order valence-corrected chi connectivity index (χ2v) is 7.10. The zero-order valence-corrected chi connectivity index (χ0v) is 14.6. The van der Waals surface area contributed by atoms with Crippen LogP contribution in [0.4, 0.5) is 5.69 Å². The Morgan fingerprint density at radius 1 is 1.46 bits per heavy atom. The number of nitrogens with zero attached hydrogens (tertiary/aromatic N) is 2. The fraction of sp³-hybridized carbons (Fsp3) is 0.471. The molecule has 1 aromatic carbocycles. The van der Waals surface area contributed by atoms with E-state index in [1.54, 1.807) is 13.3 Å². The van der Waals surface area contributed by atoms with Gasteiger partial charge in [-0.15, -0.1) is 0 Å². The summed E-state index contributed by atoms with van der Waals surface area (Å²) in [5.41, 5.74) is 2.39. The first-order valence-corrected chi connectivity index (χ1v) is 8.41. The van der Waals surface area contributed by atoms with Crippen LogP contribution in [0, 0.1) is 0 Å². The van der Waals surface area contributed by atoms with Gasteiger partial charge in [0, 0.05) is 41.8 Å². The van der Waals surface area contributed by atoms with Crippen molar-refractivity contribution in [1.82, 2.24) is 5.32 Å². The number of nitrogens with two attached hydrogens (primary N) is 1. The molecule has 0 radical (unpaired) electrons. The lowest BCUT2D eigenvalue weighted by Crippen LogP contribution is -2.56. The van der Waals surface area contributed by atoms with Crippen LogP contribution in [0.3, 0.4) is 0 Å². The molecule has 1 saturated heterocycles. The van der Waals surface area contributed by atoms with E-state index >= 15 is 0 Å². The summed E-state index contributed by atoms with van der Waals surface area (Å²) in [5.74, 6) is 5.58. The van der Waals surface area contributed by atoms with Crippen LogP contribution in [-0.2, 0) is 10.2 Å². The molecule has 7 heteroatoms. The molecule has 0 aliphatic carbocycles. The highest BCUT2D eigenvalue weighted by Crippen LogP contribution is 2.47. The lowest BCUT2D eigenvalue weighted by Gasteiger charge is -2.47. The van der Waals surface area contributed by atoms with E-state index in [-0.39, 0.29) is 23.4 Å².